The topological polar surface area (TPSA) is 50.6 Å². The molecule has 0 aliphatic carbocycles. The number of anilines is 2. The molecule has 30 heavy (non-hydrogen) atoms. The highest BCUT2D eigenvalue weighted by molar-refractivity contribution is 6.31. The highest BCUT2D eigenvalue weighted by Gasteiger charge is 2.27. The maximum Gasteiger partial charge on any atom is 0.259 e. The highest BCUT2D eigenvalue weighted by Crippen LogP contribution is 2.30. The minimum absolute atomic E-state index is 0.0164. The standard InChI is InChI=1S/C23H25ClN4O2/c1-4-30-20-11-9-19(10-12-20)27-14-26(13-18-7-5-6-8-21(18)24)15-28-22(29)16(2)17(3)25-23(27)28/h5-12H,4,13-15H2,1-3H3. The molecule has 7 heteroatoms. The lowest BCUT2D eigenvalue weighted by Gasteiger charge is -2.38. The second-order valence-electron chi connectivity index (χ2n) is 7.41. The summed E-state index contributed by atoms with van der Waals surface area (Å²) in [6, 6.07) is 15.7. The summed E-state index contributed by atoms with van der Waals surface area (Å²) in [6.07, 6.45) is 0. The Morgan fingerprint density at radius 1 is 1.07 bits per heavy atom. The number of aromatic nitrogens is 2. The summed E-state index contributed by atoms with van der Waals surface area (Å²) < 4.78 is 7.31. The van der Waals surface area contributed by atoms with Gasteiger partial charge in [-0.3, -0.25) is 19.2 Å². The van der Waals surface area contributed by atoms with Gasteiger partial charge in [0.15, 0.2) is 0 Å². The Hall–Kier alpha value is -2.83. The molecule has 156 valence electrons. The second-order valence-corrected chi connectivity index (χ2v) is 7.82. The van der Waals surface area contributed by atoms with Crippen molar-refractivity contribution in [2.24, 2.45) is 0 Å². The molecule has 0 N–H and O–H groups in total. The summed E-state index contributed by atoms with van der Waals surface area (Å²) in [5.74, 6) is 1.47. The number of halogens is 1. The van der Waals surface area contributed by atoms with Crippen molar-refractivity contribution in [1.82, 2.24) is 14.5 Å². The number of nitrogens with zero attached hydrogens (tertiary/aromatic N) is 4. The van der Waals surface area contributed by atoms with Crippen LogP contribution in [0.25, 0.3) is 0 Å². The van der Waals surface area contributed by atoms with Crippen molar-refractivity contribution < 1.29 is 4.74 Å². The number of benzene rings is 2. The van der Waals surface area contributed by atoms with Gasteiger partial charge in [-0.15, -0.1) is 0 Å². The minimum atomic E-state index is -0.0164. The summed E-state index contributed by atoms with van der Waals surface area (Å²) >= 11 is 6.39. The van der Waals surface area contributed by atoms with E-state index in [2.05, 4.69) is 9.80 Å². The predicted molar refractivity (Wildman–Crippen MR) is 120 cm³/mol. The molecule has 0 bridgehead atoms. The summed E-state index contributed by atoms with van der Waals surface area (Å²) in [6.45, 7) is 7.97. The van der Waals surface area contributed by atoms with Gasteiger partial charge in [-0.25, -0.2) is 4.98 Å². The first kappa shape index (κ1) is 20.4. The number of ether oxygens (including phenoxy) is 1. The molecule has 0 radical (unpaired) electrons. The number of hydrogen-bond acceptors (Lipinski definition) is 5. The number of rotatable bonds is 5. The predicted octanol–water partition coefficient (Wildman–Crippen LogP) is 4.48. The van der Waals surface area contributed by atoms with Crippen LogP contribution in [0.3, 0.4) is 0 Å². The Morgan fingerprint density at radius 2 is 1.80 bits per heavy atom. The molecule has 2 heterocycles. The van der Waals surface area contributed by atoms with Gasteiger partial charge in [0.25, 0.3) is 5.56 Å². The normalized spacial score (nSPS) is 13.9. The van der Waals surface area contributed by atoms with Crippen molar-refractivity contribution in [3.05, 3.63) is 80.7 Å². The highest BCUT2D eigenvalue weighted by atomic mass is 35.5. The molecular formula is C23H25ClN4O2. The zero-order valence-corrected chi connectivity index (χ0v) is 18.2. The molecular weight excluding hydrogens is 400 g/mol. The molecule has 0 unspecified atom stereocenters. The van der Waals surface area contributed by atoms with Gasteiger partial charge in [0, 0.05) is 28.5 Å². The van der Waals surface area contributed by atoms with Crippen LogP contribution < -0.4 is 15.2 Å². The second kappa shape index (κ2) is 8.50. The first-order valence-electron chi connectivity index (χ1n) is 10.0. The van der Waals surface area contributed by atoms with Crippen molar-refractivity contribution in [2.45, 2.75) is 34.0 Å². The van der Waals surface area contributed by atoms with E-state index < -0.39 is 0 Å². The molecule has 0 fully saturated rings. The summed E-state index contributed by atoms with van der Waals surface area (Å²) in [7, 11) is 0. The zero-order valence-electron chi connectivity index (χ0n) is 17.4. The third-order valence-corrected chi connectivity index (χ3v) is 5.72. The maximum atomic E-state index is 13.0. The third kappa shape index (κ3) is 3.93. The molecule has 0 atom stereocenters. The van der Waals surface area contributed by atoms with Crippen molar-refractivity contribution in [3.8, 4) is 5.75 Å². The van der Waals surface area contributed by atoms with E-state index in [0.29, 0.717) is 38.0 Å². The largest absolute Gasteiger partial charge is 0.494 e. The minimum Gasteiger partial charge on any atom is -0.494 e. The Bertz CT molecular complexity index is 1110. The van der Waals surface area contributed by atoms with Gasteiger partial charge in [0.05, 0.1) is 19.9 Å². The van der Waals surface area contributed by atoms with Crippen molar-refractivity contribution >= 4 is 23.2 Å². The van der Waals surface area contributed by atoms with Crippen molar-refractivity contribution in [2.75, 3.05) is 18.2 Å². The fraction of sp³-hybridized carbons (Fsp3) is 0.304. The number of hydrogen-bond donors (Lipinski definition) is 0. The van der Waals surface area contributed by atoms with Crippen molar-refractivity contribution in [3.63, 3.8) is 0 Å². The van der Waals surface area contributed by atoms with E-state index in [-0.39, 0.29) is 5.56 Å². The lowest BCUT2D eigenvalue weighted by Crippen LogP contribution is -2.47. The molecule has 3 aromatic rings. The third-order valence-electron chi connectivity index (χ3n) is 5.35. The van der Waals surface area contributed by atoms with E-state index in [1.165, 1.54) is 0 Å². The van der Waals surface area contributed by atoms with E-state index in [1.54, 1.807) is 4.57 Å². The molecule has 1 aliphatic heterocycles. The Balaban J connectivity index is 1.74. The van der Waals surface area contributed by atoms with Crippen LogP contribution in [-0.4, -0.2) is 27.7 Å². The fourth-order valence-electron chi connectivity index (χ4n) is 3.64. The van der Waals surface area contributed by atoms with Crippen LogP contribution in [0.5, 0.6) is 5.75 Å². The van der Waals surface area contributed by atoms with Gasteiger partial charge in [0.1, 0.15) is 5.75 Å². The molecule has 1 aliphatic rings. The van der Waals surface area contributed by atoms with Crippen LogP contribution in [-0.2, 0) is 13.2 Å². The fourth-order valence-corrected chi connectivity index (χ4v) is 3.83. The molecule has 4 rings (SSSR count). The quantitative estimate of drug-likeness (QED) is 0.604. The van der Waals surface area contributed by atoms with Gasteiger partial charge in [-0.1, -0.05) is 29.8 Å². The summed E-state index contributed by atoms with van der Waals surface area (Å²) in [5.41, 5.74) is 3.38. The molecule has 0 saturated heterocycles. The Morgan fingerprint density at radius 3 is 2.50 bits per heavy atom. The molecule has 0 spiro atoms. The summed E-state index contributed by atoms with van der Waals surface area (Å²) in [5, 5.41) is 0.724. The van der Waals surface area contributed by atoms with Crippen LogP contribution in [0.15, 0.2) is 53.3 Å². The molecule has 0 amide bonds. The van der Waals surface area contributed by atoms with Crippen LogP contribution in [0.1, 0.15) is 23.7 Å². The van der Waals surface area contributed by atoms with Gasteiger partial charge < -0.3 is 4.74 Å². The number of fused-ring (bicyclic) bond motifs is 1. The van der Waals surface area contributed by atoms with Crippen LogP contribution in [0.4, 0.5) is 11.6 Å². The first-order chi connectivity index (χ1) is 14.5. The van der Waals surface area contributed by atoms with Crippen LogP contribution in [0.2, 0.25) is 5.02 Å². The van der Waals surface area contributed by atoms with Gasteiger partial charge in [-0.05, 0) is 56.7 Å². The van der Waals surface area contributed by atoms with Crippen molar-refractivity contribution in [1.29, 1.82) is 0 Å². The molecule has 6 nitrogen and oxygen atoms in total. The molecule has 1 aromatic heterocycles. The smallest absolute Gasteiger partial charge is 0.259 e. The average Bonchev–Trinajstić information content (AvgIpc) is 2.75. The summed E-state index contributed by atoms with van der Waals surface area (Å²) in [4.78, 5) is 22.0. The lowest BCUT2D eigenvalue weighted by molar-refractivity contribution is 0.190. The van der Waals surface area contributed by atoms with E-state index >= 15 is 0 Å². The van der Waals surface area contributed by atoms with E-state index in [9.17, 15) is 4.79 Å². The van der Waals surface area contributed by atoms with Gasteiger partial charge >= 0.3 is 0 Å². The molecule has 0 saturated carbocycles. The van der Waals surface area contributed by atoms with E-state index in [0.717, 1.165) is 27.7 Å². The van der Waals surface area contributed by atoms with E-state index in [4.69, 9.17) is 21.3 Å². The lowest BCUT2D eigenvalue weighted by atomic mass is 10.2. The monoisotopic (exact) mass is 424 g/mol. The zero-order chi connectivity index (χ0) is 21.3. The number of aryl methyl sites for hydroxylation is 1. The Labute approximate surface area is 181 Å². The molecule has 2 aromatic carbocycles. The van der Waals surface area contributed by atoms with Gasteiger partial charge in [-0.2, -0.15) is 0 Å². The van der Waals surface area contributed by atoms with Crippen LogP contribution >= 0.6 is 11.6 Å². The SMILES string of the molecule is CCOc1ccc(N2CN(Cc3ccccc3Cl)Cn3c2nc(C)c(C)c3=O)cc1. The van der Waals surface area contributed by atoms with Gasteiger partial charge in [0.2, 0.25) is 5.95 Å². The van der Waals surface area contributed by atoms with Crippen LogP contribution in [0, 0.1) is 13.8 Å². The average molecular weight is 425 g/mol. The van der Waals surface area contributed by atoms with E-state index in [1.807, 2.05) is 69.3 Å². The Kier molecular flexibility index (Phi) is 5.79. The first-order valence-corrected chi connectivity index (χ1v) is 10.4. The maximum absolute atomic E-state index is 13.0.